The van der Waals surface area contributed by atoms with Crippen LogP contribution in [0.4, 0.5) is 0 Å². The van der Waals surface area contributed by atoms with E-state index >= 15 is 0 Å². The van der Waals surface area contributed by atoms with Crippen molar-refractivity contribution in [3.05, 3.63) is 29.8 Å². The molecule has 0 aliphatic rings. The standard InChI is InChI=1S/C29H41N5O13S/c1-48-13-12-20(28(45)34-21(29(46)47)14-15-2-4-16(35)5-3-15)33-27(44)19(8-11-24(40)41)32-26(43)18(7-10-23(38)39)31-25(42)17(30)6-9-22(36)37/h2-5,17-21,35H,6-14,30H2,1H3,(H,31,42)(H,32,43)(H,33,44)(H,34,45)(H,36,37)(H,38,39)(H,40,41)(H,46,47)/t17-,18-,19-,20-,21-/m0/s1. The van der Waals surface area contributed by atoms with Crippen molar-refractivity contribution in [3.8, 4) is 5.75 Å². The molecule has 48 heavy (non-hydrogen) atoms. The quantitative estimate of drug-likeness (QED) is 0.0630. The maximum absolute atomic E-state index is 13.4. The second-order valence-corrected chi connectivity index (χ2v) is 11.6. The summed E-state index contributed by atoms with van der Waals surface area (Å²) in [6, 6.07) is -1.68. The number of phenols is 1. The summed E-state index contributed by atoms with van der Waals surface area (Å²) in [5.41, 5.74) is 6.17. The molecule has 4 amide bonds. The van der Waals surface area contributed by atoms with Gasteiger partial charge in [-0.25, -0.2) is 4.79 Å². The fourth-order valence-electron chi connectivity index (χ4n) is 4.15. The third-order valence-electron chi connectivity index (χ3n) is 6.80. The number of aliphatic carboxylic acids is 4. The first-order valence-electron chi connectivity index (χ1n) is 14.7. The highest BCUT2D eigenvalue weighted by Crippen LogP contribution is 2.12. The van der Waals surface area contributed by atoms with Crippen LogP contribution in [0, 0.1) is 0 Å². The number of thioether (sulfide) groups is 1. The zero-order chi connectivity index (χ0) is 36.4. The van der Waals surface area contributed by atoms with Gasteiger partial charge in [-0.3, -0.25) is 33.6 Å². The van der Waals surface area contributed by atoms with Gasteiger partial charge in [0.25, 0.3) is 0 Å². The number of aromatic hydroxyl groups is 1. The highest BCUT2D eigenvalue weighted by molar-refractivity contribution is 7.98. The van der Waals surface area contributed by atoms with Gasteiger partial charge in [0.1, 0.15) is 29.9 Å². The van der Waals surface area contributed by atoms with Gasteiger partial charge in [0, 0.05) is 25.7 Å². The molecule has 0 saturated carbocycles. The number of benzene rings is 1. The molecule has 0 heterocycles. The molecule has 18 nitrogen and oxygen atoms in total. The van der Waals surface area contributed by atoms with Crippen molar-refractivity contribution < 1.29 is 63.9 Å². The Balaban J connectivity index is 3.18. The van der Waals surface area contributed by atoms with Crippen molar-refractivity contribution in [2.24, 2.45) is 5.73 Å². The number of nitrogens with two attached hydrogens (primary N) is 1. The molecule has 1 aromatic rings. The number of rotatable bonds is 23. The Kier molecular flexibility index (Phi) is 18.0. The molecule has 0 radical (unpaired) electrons. The van der Waals surface area contributed by atoms with E-state index in [1.54, 1.807) is 6.26 Å². The van der Waals surface area contributed by atoms with Crippen LogP contribution in [-0.2, 0) is 44.8 Å². The van der Waals surface area contributed by atoms with Crippen molar-refractivity contribution in [3.63, 3.8) is 0 Å². The van der Waals surface area contributed by atoms with E-state index in [9.17, 15) is 53.7 Å². The first-order valence-corrected chi connectivity index (χ1v) is 16.1. The fraction of sp³-hybridized carbons (Fsp3) is 0.517. The Hall–Kier alpha value is -4.91. The highest BCUT2D eigenvalue weighted by atomic mass is 32.2. The van der Waals surface area contributed by atoms with Crippen molar-refractivity contribution in [2.75, 3.05) is 12.0 Å². The van der Waals surface area contributed by atoms with E-state index in [4.69, 9.17) is 15.9 Å². The molecule has 11 N–H and O–H groups in total. The van der Waals surface area contributed by atoms with E-state index in [-0.39, 0.29) is 25.0 Å². The molecule has 0 saturated heterocycles. The van der Waals surface area contributed by atoms with Crippen LogP contribution in [0.1, 0.15) is 50.5 Å². The zero-order valence-corrected chi connectivity index (χ0v) is 26.9. The minimum atomic E-state index is -1.60. The van der Waals surface area contributed by atoms with Crippen LogP contribution >= 0.6 is 11.8 Å². The average molecular weight is 700 g/mol. The van der Waals surface area contributed by atoms with E-state index in [1.165, 1.54) is 36.0 Å². The molecule has 1 aromatic carbocycles. The summed E-state index contributed by atoms with van der Waals surface area (Å²) >= 11 is 1.31. The van der Waals surface area contributed by atoms with Crippen LogP contribution in [-0.4, -0.2) is 115 Å². The summed E-state index contributed by atoms with van der Waals surface area (Å²) in [6.45, 7) is 0. The normalized spacial score (nSPS) is 13.9. The number of hydrogen-bond acceptors (Lipinski definition) is 11. The van der Waals surface area contributed by atoms with Crippen LogP contribution < -0.4 is 27.0 Å². The Morgan fingerprint density at radius 1 is 0.625 bits per heavy atom. The molecule has 0 aromatic heterocycles. The van der Waals surface area contributed by atoms with E-state index < -0.39 is 110 Å². The predicted octanol–water partition coefficient (Wildman–Crippen LogP) is -1.37. The second-order valence-electron chi connectivity index (χ2n) is 10.6. The van der Waals surface area contributed by atoms with Gasteiger partial charge in [-0.15, -0.1) is 0 Å². The Morgan fingerprint density at radius 3 is 1.44 bits per heavy atom. The van der Waals surface area contributed by atoms with Crippen molar-refractivity contribution in [2.45, 2.75) is 81.6 Å². The Bertz CT molecular complexity index is 1310. The Morgan fingerprint density at radius 2 is 1.02 bits per heavy atom. The van der Waals surface area contributed by atoms with Gasteiger partial charge in [0.2, 0.25) is 23.6 Å². The van der Waals surface area contributed by atoms with Gasteiger partial charge in [0.05, 0.1) is 6.04 Å². The number of nitrogens with one attached hydrogen (secondary N) is 4. The smallest absolute Gasteiger partial charge is 0.326 e. The lowest BCUT2D eigenvalue weighted by molar-refractivity contribution is -0.142. The number of carbonyl (C=O) groups excluding carboxylic acids is 4. The van der Waals surface area contributed by atoms with Crippen LogP contribution in [0.5, 0.6) is 5.75 Å². The van der Waals surface area contributed by atoms with Gasteiger partial charge in [-0.2, -0.15) is 11.8 Å². The third-order valence-corrected chi connectivity index (χ3v) is 7.44. The van der Waals surface area contributed by atoms with Gasteiger partial charge >= 0.3 is 23.9 Å². The maximum Gasteiger partial charge on any atom is 0.326 e. The molecular weight excluding hydrogens is 658 g/mol. The second kappa shape index (κ2) is 21.1. The SMILES string of the molecule is CSCC[C@H](NC(=O)[C@H](CCC(=O)O)NC(=O)[C@H](CCC(=O)O)NC(=O)[C@@H](N)CCC(=O)O)C(=O)N[C@@H](Cc1ccc(O)cc1)C(=O)O. The molecule has 5 atom stereocenters. The van der Waals surface area contributed by atoms with Crippen molar-refractivity contribution in [1.29, 1.82) is 0 Å². The van der Waals surface area contributed by atoms with E-state index in [2.05, 4.69) is 21.3 Å². The lowest BCUT2D eigenvalue weighted by Gasteiger charge is -2.26. The lowest BCUT2D eigenvalue weighted by atomic mass is 10.0. The molecule has 0 aliphatic heterocycles. The van der Waals surface area contributed by atoms with Crippen LogP contribution in [0.25, 0.3) is 0 Å². The monoisotopic (exact) mass is 699 g/mol. The third kappa shape index (κ3) is 16.1. The summed E-state index contributed by atoms with van der Waals surface area (Å²) in [6.07, 6.45) is -1.39. The Labute approximate surface area is 279 Å². The minimum absolute atomic E-state index is 0.00934. The molecule has 19 heteroatoms. The van der Waals surface area contributed by atoms with Crippen LogP contribution in [0.3, 0.4) is 0 Å². The van der Waals surface area contributed by atoms with Gasteiger partial charge < -0.3 is 52.5 Å². The van der Waals surface area contributed by atoms with Gasteiger partial charge in [0.15, 0.2) is 0 Å². The van der Waals surface area contributed by atoms with Crippen LogP contribution in [0.2, 0.25) is 0 Å². The molecule has 0 unspecified atom stereocenters. The first-order chi connectivity index (χ1) is 22.5. The minimum Gasteiger partial charge on any atom is -0.508 e. The molecule has 0 fully saturated rings. The van der Waals surface area contributed by atoms with Crippen molar-refractivity contribution in [1.82, 2.24) is 21.3 Å². The summed E-state index contributed by atoms with van der Waals surface area (Å²) in [4.78, 5) is 97.6. The first kappa shape index (κ1) is 41.1. The lowest BCUT2D eigenvalue weighted by Crippen LogP contribution is -2.58. The molecule has 266 valence electrons. The zero-order valence-electron chi connectivity index (χ0n) is 26.0. The number of phenolic OH excluding ortho intramolecular Hbond substituents is 1. The van der Waals surface area contributed by atoms with Gasteiger partial charge in [-0.05, 0) is 55.4 Å². The van der Waals surface area contributed by atoms with E-state index in [0.29, 0.717) is 11.3 Å². The number of hydrogen-bond donors (Lipinski definition) is 10. The number of carboxylic acid groups (broad SMARTS) is 4. The largest absolute Gasteiger partial charge is 0.508 e. The summed E-state index contributed by atoms with van der Waals surface area (Å²) < 4.78 is 0. The number of carbonyl (C=O) groups is 8. The number of amides is 4. The molecule has 0 bridgehead atoms. The topological polar surface area (TPSA) is 312 Å². The average Bonchev–Trinajstić information content (AvgIpc) is 3.01. The summed E-state index contributed by atoms with van der Waals surface area (Å²) in [7, 11) is 0. The predicted molar refractivity (Wildman–Crippen MR) is 169 cm³/mol. The molecule has 1 rings (SSSR count). The van der Waals surface area contributed by atoms with Crippen LogP contribution in [0.15, 0.2) is 24.3 Å². The summed E-state index contributed by atoms with van der Waals surface area (Å²) in [5, 5.41) is 55.6. The molecular formula is C29H41N5O13S. The summed E-state index contributed by atoms with van der Waals surface area (Å²) in [5.74, 6) is -8.94. The van der Waals surface area contributed by atoms with E-state index in [0.717, 1.165) is 0 Å². The van der Waals surface area contributed by atoms with Gasteiger partial charge in [-0.1, -0.05) is 12.1 Å². The molecule has 0 aliphatic carbocycles. The number of carboxylic acids is 4. The molecule has 0 spiro atoms. The van der Waals surface area contributed by atoms with E-state index in [1.807, 2.05) is 0 Å². The van der Waals surface area contributed by atoms with Crippen molar-refractivity contribution >= 4 is 59.3 Å². The maximum atomic E-state index is 13.4. The highest BCUT2D eigenvalue weighted by Gasteiger charge is 2.32. The fourth-order valence-corrected chi connectivity index (χ4v) is 4.62.